The van der Waals surface area contributed by atoms with Crippen LogP contribution < -0.4 is 0 Å². The fourth-order valence-electron chi connectivity index (χ4n) is 3.11. The molecule has 0 amide bonds. The second kappa shape index (κ2) is 8.06. The molecule has 0 aliphatic carbocycles. The molecule has 0 bridgehead atoms. The first-order chi connectivity index (χ1) is 8.14. The van der Waals surface area contributed by atoms with Gasteiger partial charge in [0.2, 0.25) is 0 Å². The van der Waals surface area contributed by atoms with Crippen molar-refractivity contribution < 1.29 is 0 Å². The van der Waals surface area contributed by atoms with Crippen molar-refractivity contribution in [1.82, 2.24) is 4.31 Å². The van der Waals surface area contributed by atoms with Crippen LogP contribution in [0.1, 0.15) is 67.2 Å². The Morgan fingerprint density at radius 3 is 2.17 bits per heavy atom. The van der Waals surface area contributed by atoms with Gasteiger partial charge in [0.25, 0.3) is 0 Å². The first-order valence-electron chi connectivity index (χ1n) is 7.09. The Labute approximate surface area is 123 Å². The van der Waals surface area contributed by atoms with Gasteiger partial charge in [-0.25, -0.2) is 4.31 Å². The molecule has 1 unspecified atom stereocenters. The third kappa shape index (κ3) is 7.30. The lowest BCUT2D eigenvalue weighted by Gasteiger charge is -2.41. The van der Waals surface area contributed by atoms with Crippen LogP contribution >= 0.6 is 21.8 Å². The summed E-state index contributed by atoms with van der Waals surface area (Å²) in [6.07, 6.45) is 7.40. The highest BCUT2D eigenvalue weighted by atomic mass is 33.1. The van der Waals surface area contributed by atoms with Crippen LogP contribution in [0.25, 0.3) is 0 Å². The van der Waals surface area contributed by atoms with Crippen molar-refractivity contribution in [1.29, 1.82) is 0 Å². The first-order valence-corrected chi connectivity index (χ1v) is 9.60. The predicted molar refractivity (Wildman–Crippen MR) is 90.0 cm³/mol. The summed E-state index contributed by atoms with van der Waals surface area (Å²) in [5, 5.41) is 0. The average Bonchev–Trinajstić information content (AvgIpc) is 2.15. The van der Waals surface area contributed by atoms with Gasteiger partial charge in [0.15, 0.2) is 0 Å². The monoisotopic (exact) mass is 291 g/mol. The summed E-state index contributed by atoms with van der Waals surface area (Å²) in [5.74, 6) is 0.847. The standard InChI is InChI=1S/C15H33NS2/c1-9-10-13(2)11-14(3,4)12-15(5,6)16(7)18-17-8/h13H,9-12H2,1-8H3. The lowest BCUT2D eigenvalue weighted by atomic mass is 9.74. The second-order valence-corrected chi connectivity index (χ2v) is 9.47. The van der Waals surface area contributed by atoms with Crippen LogP contribution in [-0.2, 0) is 0 Å². The number of rotatable bonds is 9. The zero-order valence-electron chi connectivity index (χ0n) is 13.7. The lowest BCUT2D eigenvalue weighted by molar-refractivity contribution is 0.147. The molecule has 0 saturated carbocycles. The van der Waals surface area contributed by atoms with Gasteiger partial charge >= 0.3 is 0 Å². The summed E-state index contributed by atoms with van der Waals surface area (Å²) in [4.78, 5) is 0. The molecule has 0 fully saturated rings. The first kappa shape index (κ1) is 18.7. The molecule has 0 aromatic rings. The smallest absolute Gasteiger partial charge is 0.0267 e. The highest BCUT2D eigenvalue weighted by Gasteiger charge is 2.33. The third-order valence-electron chi connectivity index (χ3n) is 3.63. The van der Waals surface area contributed by atoms with Gasteiger partial charge in [0.1, 0.15) is 0 Å². The summed E-state index contributed by atoms with van der Waals surface area (Å²) < 4.78 is 2.41. The Morgan fingerprint density at radius 1 is 1.17 bits per heavy atom. The van der Waals surface area contributed by atoms with Gasteiger partial charge in [-0.2, -0.15) is 0 Å². The molecule has 1 nitrogen and oxygen atoms in total. The van der Waals surface area contributed by atoms with Crippen molar-refractivity contribution in [3.05, 3.63) is 0 Å². The topological polar surface area (TPSA) is 3.24 Å². The van der Waals surface area contributed by atoms with Gasteiger partial charge in [-0.1, -0.05) is 51.3 Å². The van der Waals surface area contributed by atoms with Crippen LogP contribution in [0.15, 0.2) is 0 Å². The van der Waals surface area contributed by atoms with E-state index in [0.717, 1.165) is 5.92 Å². The van der Waals surface area contributed by atoms with E-state index in [-0.39, 0.29) is 5.54 Å². The Balaban J connectivity index is 4.44. The van der Waals surface area contributed by atoms with Crippen molar-refractivity contribution in [2.45, 2.75) is 72.8 Å². The molecule has 0 rings (SSSR count). The molecule has 0 saturated heterocycles. The molecule has 0 aromatic heterocycles. The van der Waals surface area contributed by atoms with Gasteiger partial charge in [-0.15, -0.1) is 0 Å². The molecular formula is C15H33NS2. The van der Waals surface area contributed by atoms with Gasteiger partial charge in [0, 0.05) is 5.54 Å². The van der Waals surface area contributed by atoms with E-state index in [0.29, 0.717) is 5.41 Å². The van der Waals surface area contributed by atoms with Gasteiger partial charge < -0.3 is 0 Å². The van der Waals surface area contributed by atoms with E-state index in [2.05, 4.69) is 59.2 Å². The van der Waals surface area contributed by atoms with Crippen LogP contribution in [0, 0.1) is 11.3 Å². The predicted octanol–water partition coefficient (Wildman–Crippen LogP) is 5.87. The van der Waals surface area contributed by atoms with Gasteiger partial charge in [-0.3, -0.25) is 0 Å². The lowest BCUT2D eigenvalue weighted by Crippen LogP contribution is -2.40. The van der Waals surface area contributed by atoms with Crippen molar-refractivity contribution in [2.75, 3.05) is 13.3 Å². The van der Waals surface area contributed by atoms with Crippen molar-refractivity contribution in [3.8, 4) is 0 Å². The van der Waals surface area contributed by atoms with Crippen LogP contribution in [0.5, 0.6) is 0 Å². The molecule has 0 heterocycles. The fourth-order valence-corrected chi connectivity index (χ4v) is 4.87. The zero-order chi connectivity index (χ0) is 14.4. The Bertz CT molecular complexity index is 227. The van der Waals surface area contributed by atoms with Gasteiger partial charge in [-0.05, 0) is 62.3 Å². The number of hydrogen-bond donors (Lipinski definition) is 0. The van der Waals surface area contributed by atoms with E-state index in [1.807, 2.05) is 21.8 Å². The van der Waals surface area contributed by atoms with Gasteiger partial charge in [0.05, 0.1) is 0 Å². The largest absolute Gasteiger partial charge is 0.239 e. The molecular weight excluding hydrogens is 258 g/mol. The summed E-state index contributed by atoms with van der Waals surface area (Å²) >= 11 is 0. The maximum atomic E-state index is 2.43. The highest BCUT2D eigenvalue weighted by molar-refractivity contribution is 8.75. The van der Waals surface area contributed by atoms with E-state index in [1.165, 1.54) is 25.7 Å². The van der Waals surface area contributed by atoms with E-state index < -0.39 is 0 Å². The molecule has 18 heavy (non-hydrogen) atoms. The number of hydrogen-bond acceptors (Lipinski definition) is 3. The van der Waals surface area contributed by atoms with E-state index in [1.54, 1.807) is 0 Å². The molecule has 0 aliphatic heterocycles. The van der Waals surface area contributed by atoms with Crippen LogP contribution in [0.2, 0.25) is 0 Å². The van der Waals surface area contributed by atoms with Crippen LogP contribution in [-0.4, -0.2) is 23.1 Å². The molecule has 0 spiro atoms. The van der Waals surface area contributed by atoms with Crippen molar-refractivity contribution >= 4 is 21.8 Å². The Hall–Kier alpha value is 0.660. The second-order valence-electron chi connectivity index (χ2n) is 6.99. The SMILES string of the molecule is CCCC(C)CC(C)(C)CC(C)(C)N(C)SSC. The molecule has 0 N–H and O–H groups in total. The van der Waals surface area contributed by atoms with Crippen molar-refractivity contribution in [2.24, 2.45) is 11.3 Å². The van der Waals surface area contributed by atoms with E-state index >= 15 is 0 Å². The number of nitrogens with zero attached hydrogens (tertiary/aromatic N) is 1. The minimum atomic E-state index is 0.253. The Kier molecular flexibility index (Phi) is 8.36. The summed E-state index contributed by atoms with van der Waals surface area (Å²) in [5.41, 5.74) is 0.675. The summed E-state index contributed by atoms with van der Waals surface area (Å²) in [7, 11) is 5.90. The molecule has 3 heteroatoms. The Morgan fingerprint density at radius 2 is 1.72 bits per heavy atom. The highest BCUT2D eigenvalue weighted by Crippen LogP contribution is 2.40. The summed E-state index contributed by atoms with van der Waals surface area (Å²) in [6, 6.07) is 0. The molecule has 0 aliphatic rings. The quantitative estimate of drug-likeness (QED) is 0.386. The van der Waals surface area contributed by atoms with Crippen LogP contribution in [0.3, 0.4) is 0 Å². The normalized spacial score (nSPS) is 15.2. The fraction of sp³-hybridized carbons (Fsp3) is 1.00. The molecule has 1 atom stereocenters. The summed E-state index contributed by atoms with van der Waals surface area (Å²) in [6.45, 7) is 14.3. The minimum absolute atomic E-state index is 0.253. The van der Waals surface area contributed by atoms with E-state index in [4.69, 9.17) is 0 Å². The third-order valence-corrected chi connectivity index (χ3v) is 5.62. The average molecular weight is 292 g/mol. The maximum Gasteiger partial charge on any atom is 0.0267 e. The molecule has 0 aromatic carbocycles. The zero-order valence-corrected chi connectivity index (χ0v) is 15.3. The maximum absolute atomic E-state index is 2.43. The minimum Gasteiger partial charge on any atom is -0.239 e. The van der Waals surface area contributed by atoms with E-state index in [9.17, 15) is 0 Å². The van der Waals surface area contributed by atoms with Crippen molar-refractivity contribution in [3.63, 3.8) is 0 Å². The molecule has 0 radical (unpaired) electrons. The van der Waals surface area contributed by atoms with Crippen LogP contribution in [0.4, 0.5) is 0 Å². The molecule has 110 valence electrons.